The second-order valence-electron chi connectivity index (χ2n) is 13.9. The average molecular weight is 812 g/mol. The molecule has 58 heavy (non-hydrogen) atoms. The van der Waals surface area contributed by atoms with Gasteiger partial charge in [-0.3, -0.25) is 19.2 Å². The number of rotatable bonds is 17. The van der Waals surface area contributed by atoms with Crippen LogP contribution in [0, 0.1) is 0 Å². The Kier molecular flexibility index (Phi) is 13.4. The van der Waals surface area contributed by atoms with E-state index in [-0.39, 0.29) is 54.5 Å². The summed E-state index contributed by atoms with van der Waals surface area (Å²) in [6.45, 7) is 1.34. The first kappa shape index (κ1) is 41.4. The number of carboxylic acid groups (broad SMARTS) is 1. The molecule has 0 fully saturated rings. The number of benzene rings is 3. The van der Waals surface area contributed by atoms with E-state index in [0.717, 1.165) is 30.3 Å². The number of aromatic amines is 1. The molecular formula is C40H45N9O8S. The number of carbonyl (C=O) groups is 4. The number of aliphatic carboxylic acids is 1. The predicted molar refractivity (Wildman–Crippen MR) is 217 cm³/mol. The van der Waals surface area contributed by atoms with Gasteiger partial charge in [0.2, 0.25) is 5.91 Å². The second kappa shape index (κ2) is 18.8. The third kappa shape index (κ3) is 10.8. The first-order valence-corrected chi connectivity index (χ1v) is 20.2. The molecule has 1 atom stereocenters. The molecule has 1 aliphatic rings. The van der Waals surface area contributed by atoms with E-state index in [1.807, 2.05) is 24.3 Å². The Morgan fingerprint density at radius 2 is 1.72 bits per heavy atom. The minimum atomic E-state index is -3.90. The molecule has 0 radical (unpaired) electrons. The number of nitrogens with zero attached hydrogens (tertiary/aromatic N) is 6. The summed E-state index contributed by atoms with van der Waals surface area (Å²) in [5.74, 6) is -1.02. The zero-order chi connectivity index (χ0) is 41.2. The zero-order valence-electron chi connectivity index (χ0n) is 31.7. The highest BCUT2D eigenvalue weighted by Crippen LogP contribution is 2.45. The van der Waals surface area contributed by atoms with E-state index >= 15 is 0 Å². The maximum atomic E-state index is 14.1. The highest BCUT2D eigenvalue weighted by molar-refractivity contribution is 8.19. The molecule has 2 aromatic heterocycles. The number of para-hydroxylation sites is 2. The number of anilines is 1. The summed E-state index contributed by atoms with van der Waals surface area (Å²) in [4.78, 5) is 66.4. The Morgan fingerprint density at radius 1 is 0.966 bits per heavy atom. The summed E-state index contributed by atoms with van der Waals surface area (Å²) in [6, 6.07) is 21.3. The SMILES string of the molecule is CN1Cc2cc(C(=O)N(CCCCCCNC(=O)c3ccc(N=NCc4ccccc4S(O)(O)O)nc3)Cc3nc4ccccc4[nH]3)ccc2NC(CC(=O)O)C1=O. The van der Waals surface area contributed by atoms with Gasteiger partial charge in [-0.15, -0.1) is 5.11 Å². The summed E-state index contributed by atoms with van der Waals surface area (Å²) in [5.41, 5.74) is 4.17. The number of imidazole rings is 1. The van der Waals surface area contributed by atoms with Crippen molar-refractivity contribution < 1.29 is 37.9 Å². The Balaban J connectivity index is 1.00. The van der Waals surface area contributed by atoms with Crippen LogP contribution >= 0.6 is 10.9 Å². The molecular weight excluding hydrogens is 767 g/mol. The molecule has 17 nitrogen and oxygen atoms in total. The lowest BCUT2D eigenvalue weighted by molar-refractivity contribution is -0.141. The van der Waals surface area contributed by atoms with E-state index in [1.54, 1.807) is 60.5 Å². The van der Waals surface area contributed by atoms with Gasteiger partial charge in [-0.1, -0.05) is 43.2 Å². The molecule has 3 aromatic carbocycles. The summed E-state index contributed by atoms with van der Waals surface area (Å²) < 4.78 is 28.9. The number of H-pyrrole nitrogens is 1. The third-order valence-corrected chi connectivity index (χ3v) is 10.5. The van der Waals surface area contributed by atoms with Crippen LogP contribution in [0.5, 0.6) is 0 Å². The van der Waals surface area contributed by atoms with Crippen LogP contribution in [0.1, 0.15) is 69.8 Å². The van der Waals surface area contributed by atoms with Crippen molar-refractivity contribution in [3.8, 4) is 0 Å². The standard InChI is InChI=1S/C40H45N9O8S/c1-48-24-29-20-26(14-16-30(29)44-33(40(48)54)21-37(50)51)39(53)49(25-36-45-31-11-5-6-12-32(31)46-36)19-9-3-2-8-18-41-38(52)28-15-17-35(42-22-28)47-43-23-27-10-4-7-13-34(27)58(55,56)57/h4-7,10-17,20,22,33,44,55-57H,2-3,8-9,18-19,21,23-25H2,1H3,(H,41,52)(H,45,46)(H,50,51). The minimum Gasteiger partial charge on any atom is -0.481 e. The molecule has 0 saturated carbocycles. The highest BCUT2D eigenvalue weighted by Gasteiger charge is 2.30. The van der Waals surface area contributed by atoms with Gasteiger partial charge in [-0.05, 0) is 72.5 Å². The van der Waals surface area contributed by atoms with Crippen molar-refractivity contribution in [1.29, 1.82) is 0 Å². The maximum absolute atomic E-state index is 14.1. The lowest BCUT2D eigenvalue weighted by Crippen LogP contribution is -2.39. The molecule has 7 N–H and O–H groups in total. The molecule has 0 spiro atoms. The largest absolute Gasteiger partial charge is 0.481 e. The van der Waals surface area contributed by atoms with Gasteiger partial charge in [0.25, 0.3) is 11.8 Å². The molecule has 6 rings (SSSR count). The van der Waals surface area contributed by atoms with Crippen molar-refractivity contribution in [1.82, 2.24) is 30.1 Å². The van der Waals surface area contributed by atoms with Gasteiger partial charge in [0.15, 0.2) is 5.82 Å². The molecule has 304 valence electrons. The number of nitrogens with one attached hydrogen (secondary N) is 3. The minimum absolute atomic E-state index is 0.0140. The fourth-order valence-electron chi connectivity index (χ4n) is 6.61. The fraction of sp³-hybridized carbons (Fsp3) is 0.300. The first-order chi connectivity index (χ1) is 27.9. The molecule has 3 amide bonds. The number of unbranched alkanes of at least 4 members (excludes halogenated alkanes) is 3. The Labute approximate surface area is 335 Å². The van der Waals surface area contributed by atoms with Crippen LogP contribution in [0.3, 0.4) is 0 Å². The number of fused-ring (bicyclic) bond motifs is 2. The summed E-state index contributed by atoms with van der Waals surface area (Å²) in [7, 11) is -2.29. The summed E-state index contributed by atoms with van der Waals surface area (Å²) in [5, 5.41) is 23.3. The Hall–Kier alpha value is -6.21. The van der Waals surface area contributed by atoms with E-state index < -0.39 is 22.9 Å². The van der Waals surface area contributed by atoms with E-state index in [9.17, 15) is 37.9 Å². The molecule has 0 aliphatic carbocycles. The molecule has 0 bridgehead atoms. The van der Waals surface area contributed by atoms with Gasteiger partial charge < -0.3 is 44.2 Å². The maximum Gasteiger partial charge on any atom is 0.305 e. The monoisotopic (exact) mass is 811 g/mol. The van der Waals surface area contributed by atoms with Crippen LogP contribution in [0.25, 0.3) is 11.0 Å². The molecule has 5 aromatic rings. The van der Waals surface area contributed by atoms with Crippen LogP contribution in [0.15, 0.2) is 100 Å². The smallest absolute Gasteiger partial charge is 0.305 e. The number of aromatic nitrogens is 3. The number of hydrogen-bond acceptors (Lipinski definition) is 12. The van der Waals surface area contributed by atoms with E-state index in [0.29, 0.717) is 53.3 Å². The van der Waals surface area contributed by atoms with Crippen LogP contribution in [0.2, 0.25) is 0 Å². The van der Waals surface area contributed by atoms with Crippen molar-refractivity contribution in [3.05, 3.63) is 113 Å². The van der Waals surface area contributed by atoms with Crippen molar-refractivity contribution in [2.45, 2.75) is 62.7 Å². The molecule has 0 saturated heterocycles. The van der Waals surface area contributed by atoms with Crippen molar-refractivity contribution in [3.63, 3.8) is 0 Å². The van der Waals surface area contributed by atoms with Crippen LogP contribution < -0.4 is 10.6 Å². The number of carboxylic acids is 1. The van der Waals surface area contributed by atoms with Crippen LogP contribution in [-0.2, 0) is 29.2 Å². The number of carbonyl (C=O) groups excluding carboxylic acids is 3. The number of azo groups is 1. The van der Waals surface area contributed by atoms with E-state index in [1.165, 1.54) is 17.2 Å². The van der Waals surface area contributed by atoms with Gasteiger partial charge in [0.1, 0.15) is 22.7 Å². The molecule has 1 unspecified atom stereocenters. The van der Waals surface area contributed by atoms with Crippen LogP contribution in [-0.4, -0.2) is 93.4 Å². The van der Waals surface area contributed by atoms with Crippen molar-refractivity contribution in [2.75, 3.05) is 25.5 Å². The molecule has 1 aliphatic heterocycles. The predicted octanol–water partition coefficient (Wildman–Crippen LogP) is 6.68. The normalized spacial score (nSPS) is 14.5. The van der Waals surface area contributed by atoms with Crippen LogP contribution in [0.4, 0.5) is 11.5 Å². The van der Waals surface area contributed by atoms with Gasteiger partial charge in [0, 0.05) is 44.1 Å². The van der Waals surface area contributed by atoms with Gasteiger partial charge in [-0.25, -0.2) is 9.97 Å². The average Bonchev–Trinajstić information content (AvgIpc) is 3.57. The Morgan fingerprint density at radius 3 is 2.48 bits per heavy atom. The number of pyridine rings is 1. The van der Waals surface area contributed by atoms with Gasteiger partial charge >= 0.3 is 5.97 Å². The lowest BCUT2D eigenvalue weighted by Gasteiger charge is -2.23. The number of likely N-dealkylation sites (N-methyl/N-ethyl adjacent to an activating group) is 1. The Bertz CT molecular complexity index is 2260. The van der Waals surface area contributed by atoms with E-state index in [2.05, 4.69) is 35.8 Å². The third-order valence-electron chi connectivity index (χ3n) is 9.54. The van der Waals surface area contributed by atoms with Gasteiger partial charge in [0.05, 0.1) is 41.0 Å². The topological polar surface area (TPSA) is 246 Å². The number of amides is 3. The van der Waals surface area contributed by atoms with Gasteiger partial charge in [-0.2, -0.15) is 5.11 Å². The van der Waals surface area contributed by atoms with Crippen molar-refractivity contribution in [2.24, 2.45) is 10.2 Å². The lowest BCUT2D eigenvalue weighted by atomic mass is 10.1. The zero-order valence-corrected chi connectivity index (χ0v) is 32.6. The highest BCUT2D eigenvalue weighted by atomic mass is 32.3. The quantitative estimate of drug-likeness (QED) is 0.0385. The summed E-state index contributed by atoms with van der Waals surface area (Å²) in [6.07, 6.45) is 4.05. The van der Waals surface area contributed by atoms with E-state index in [4.69, 9.17) is 0 Å². The van der Waals surface area contributed by atoms with Crippen molar-refractivity contribution >= 4 is 57.1 Å². The molecule has 3 heterocycles. The molecule has 18 heteroatoms. The first-order valence-electron chi connectivity index (χ1n) is 18.6. The summed E-state index contributed by atoms with van der Waals surface area (Å²) >= 11 is 0. The fourth-order valence-corrected chi connectivity index (χ4v) is 7.35. The number of hydrogen-bond donors (Lipinski definition) is 7. The second-order valence-corrected chi connectivity index (χ2v) is 15.4.